The molecular weight excluding hydrogens is 396 g/mol. The molecule has 0 saturated heterocycles. The fraction of sp³-hybridized carbons (Fsp3) is 0.0870. The highest BCUT2D eigenvalue weighted by Crippen LogP contribution is 2.17. The van der Waals surface area contributed by atoms with Crippen LogP contribution in [-0.4, -0.2) is 34.4 Å². The number of oxime groups is 2. The molecule has 8 heteroatoms. The lowest BCUT2D eigenvalue weighted by molar-refractivity contribution is 0.0503. The van der Waals surface area contributed by atoms with Gasteiger partial charge in [-0.2, -0.15) is 0 Å². The van der Waals surface area contributed by atoms with Gasteiger partial charge in [0.1, 0.15) is 0 Å². The van der Waals surface area contributed by atoms with Crippen LogP contribution in [0.25, 0.3) is 0 Å². The normalized spacial score (nSPS) is 15.7. The Kier molecular flexibility index (Phi) is 5.79. The van der Waals surface area contributed by atoms with E-state index in [0.29, 0.717) is 23.3 Å². The summed E-state index contributed by atoms with van der Waals surface area (Å²) in [5.74, 6) is -0.842. The van der Waals surface area contributed by atoms with Gasteiger partial charge in [0.25, 0.3) is 0 Å². The molecule has 0 spiro atoms. The lowest BCUT2D eigenvalue weighted by Crippen LogP contribution is -2.29. The molecule has 0 aliphatic carbocycles. The largest absolute Gasteiger partial charge is 0.384 e. The van der Waals surface area contributed by atoms with Gasteiger partial charge in [0, 0.05) is 35.5 Å². The van der Waals surface area contributed by atoms with Crippen LogP contribution in [0.4, 0.5) is 0 Å². The number of nitrogens with two attached hydrogens (primary N) is 1. The fourth-order valence-electron chi connectivity index (χ4n) is 2.96. The van der Waals surface area contributed by atoms with Gasteiger partial charge >= 0.3 is 5.97 Å². The van der Waals surface area contributed by atoms with Crippen molar-refractivity contribution in [1.29, 1.82) is 0 Å². The first-order valence-corrected chi connectivity index (χ1v) is 9.49. The van der Waals surface area contributed by atoms with Crippen LogP contribution in [0.1, 0.15) is 38.3 Å². The molecule has 1 unspecified atom stereocenters. The second-order valence-electron chi connectivity index (χ2n) is 6.75. The van der Waals surface area contributed by atoms with E-state index in [1.54, 1.807) is 54.9 Å². The van der Waals surface area contributed by atoms with Gasteiger partial charge in [0.15, 0.2) is 17.7 Å². The predicted octanol–water partition coefficient (Wildman–Crippen LogP) is 2.93. The molecule has 4 rings (SSSR count). The molecule has 8 nitrogen and oxygen atoms in total. The highest BCUT2D eigenvalue weighted by atomic mass is 16.7. The molecule has 31 heavy (non-hydrogen) atoms. The van der Waals surface area contributed by atoms with Gasteiger partial charge in [0.05, 0.1) is 11.3 Å². The summed E-state index contributed by atoms with van der Waals surface area (Å²) in [6.45, 7) is 0. The third-order valence-corrected chi connectivity index (χ3v) is 4.65. The molecule has 3 aromatic rings. The molecule has 1 atom stereocenters. The molecule has 0 amide bonds. The fourth-order valence-corrected chi connectivity index (χ4v) is 2.96. The van der Waals surface area contributed by atoms with Gasteiger partial charge in [-0.15, -0.1) is 0 Å². The van der Waals surface area contributed by atoms with Crippen molar-refractivity contribution in [2.75, 3.05) is 0 Å². The van der Waals surface area contributed by atoms with Crippen LogP contribution in [0.5, 0.6) is 0 Å². The van der Waals surface area contributed by atoms with Crippen molar-refractivity contribution in [2.45, 2.75) is 12.5 Å². The molecule has 0 fully saturated rings. The van der Waals surface area contributed by atoms with Gasteiger partial charge in [-0.25, -0.2) is 4.79 Å². The Labute approximate surface area is 178 Å². The van der Waals surface area contributed by atoms with E-state index in [9.17, 15) is 9.59 Å². The minimum Gasteiger partial charge on any atom is -0.384 e. The van der Waals surface area contributed by atoms with Crippen molar-refractivity contribution in [3.8, 4) is 0 Å². The van der Waals surface area contributed by atoms with Gasteiger partial charge in [-0.3, -0.25) is 9.78 Å². The average molecular weight is 414 g/mol. The standard InChI is InChI=1S/C23H18N4O4/c24-22(20-13-19(26-30-20)18-7-4-12-25-14-18)27-31-23(29)17-10-8-16(9-11-17)21(28)15-5-2-1-3-6-15/h1-12,14,20H,13H2,(H2,24,27). The molecule has 1 aliphatic heterocycles. The van der Waals surface area contributed by atoms with Gasteiger partial charge in [-0.05, 0) is 24.3 Å². The van der Waals surface area contributed by atoms with Crippen molar-refractivity contribution in [2.24, 2.45) is 16.0 Å². The molecule has 1 aliphatic rings. The Morgan fingerprint density at radius 1 is 0.968 bits per heavy atom. The van der Waals surface area contributed by atoms with E-state index in [1.165, 1.54) is 12.1 Å². The summed E-state index contributed by atoms with van der Waals surface area (Å²) in [6.07, 6.45) is 3.09. The van der Waals surface area contributed by atoms with Crippen LogP contribution < -0.4 is 5.73 Å². The summed E-state index contributed by atoms with van der Waals surface area (Å²) in [7, 11) is 0. The monoisotopic (exact) mass is 414 g/mol. The quantitative estimate of drug-likeness (QED) is 0.218. The molecule has 0 saturated carbocycles. The highest BCUT2D eigenvalue weighted by molar-refractivity contribution is 6.09. The van der Waals surface area contributed by atoms with E-state index < -0.39 is 12.1 Å². The van der Waals surface area contributed by atoms with Gasteiger partial charge in [-0.1, -0.05) is 52.8 Å². The first-order valence-electron chi connectivity index (χ1n) is 9.49. The van der Waals surface area contributed by atoms with E-state index >= 15 is 0 Å². The zero-order valence-electron chi connectivity index (χ0n) is 16.3. The Balaban J connectivity index is 1.35. The molecule has 2 heterocycles. The Morgan fingerprint density at radius 2 is 1.68 bits per heavy atom. The Morgan fingerprint density at radius 3 is 2.39 bits per heavy atom. The highest BCUT2D eigenvalue weighted by Gasteiger charge is 2.26. The number of carbonyl (C=O) groups is 2. The third kappa shape index (κ3) is 4.64. The topological polar surface area (TPSA) is 116 Å². The zero-order valence-corrected chi connectivity index (χ0v) is 16.3. The van der Waals surface area contributed by atoms with Crippen LogP contribution in [0.2, 0.25) is 0 Å². The molecule has 2 aromatic carbocycles. The first-order chi connectivity index (χ1) is 15.1. The minimum absolute atomic E-state index is 0.00753. The average Bonchev–Trinajstić information content (AvgIpc) is 3.34. The van der Waals surface area contributed by atoms with E-state index in [4.69, 9.17) is 15.4 Å². The maximum Gasteiger partial charge on any atom is 0.365 e. The second kappa shape index (κ2) is 9.00. The maximum absolute atomic E-state index is 12.4. The maximum atomic E-state index is 12.4. The number of amidine groups is 1. The second-order valence-corrected chi connectivity index (χ2v) is 6.75. The first kappa shape index (κ1) is 20.0. The van der Waals surface area contributed by atoms with E-state index in [2.05, 4.69) is 15.3 Å². The van der Waals surface area contributed by atoms with Crippen LogP contribution >= 0.6 is 0 Å². The van der Waals surface area contributed by atoms with Gasteiger partial charge in [0.2, 0.25) is 0 Å². The van der Waals surface area contributed by atoms with Crippen LogP contribution in [0.3, 0.4) is 0 Å². The van der Waals surface area contributed by atoms with Crippen LogP contribution in [0.15, 0.2) is 89.4 Å². The predicted molar refractivity (Wildman–Crippen MR) is 114 cm³/mol. The molecule has 0 radical (unpaired) electrons. The number of hydrogen-bond acceptors (Lipinski definition) is 7. The number of rotatable bonds is 6. The summed E-state index contributed by atoms with van der Waals surface area (Å²) >= 11 is 0. The Bertz CT molecular complexity index is 1140. The van der Waals surface area contributed by atoms with E-state index in [0.717, 1.165) is 5.56 Å². The Hall–Kier alpha value is -4.33. The smallest absolute Gasteiger partial charge is 0.365 e. The number of benzene rings is 2. The number of aromatic nitrogens is 1. The number of pyridine rings is 1. The lowest BCUT2D eigenvalue weighted by Gasteiger charge is -2.07. The van der Waals surface area contributed by atoms with Crippen molar-refractivity contribution in [3.63, 3.8) is 0 Å². The van der Waals surface area contributed by atoms with E-state index in [-0.39, 0.29) is 17.2 Å². The number of hydrogen-bond donors (Lipinski definition) is 1. The van der Waals surface area contributed by atoms with Crippen molar-refractivity contribution >= 4 is 23.3 Å². The van der Waals surface area contributed by atoms with E-state index in [1.807, 2.05) is 12.1 Å². The number of carbonyl (C=O) groups excluding carboxylic acids is 2. The molecular formula is C23H18N4O4. The van der Waals surface area contributed by atoms with Crippen LogP contribution in [-0.2, 0) is 9.68 Å². The number of ketones is 1. The summed E-state index contributed by atoms with van der Waals surface area (Å²) in [5, 5.41) is 7.67. The molecule has 154 valence electrons. The zero-order chi connectivity index (χ0) is 21.6. The summed E-state index contributed by atoms with van der Waals surface area (Å²) in [5.41, 5.74) is 8.66. The lowest BCUT2D eigenvalue weighted by atomic mass is 10.0. The summed E-state index contributed by atoms with van der Waals surface area (Å²) in [4.78, 5) is 38.9. The number of nitrogens with zero attached hydrogens (tertiary/aromatic N) is 3. The minimum atomic E-state index is -0.701. The van der Waals surface area contributed by atoms with Gasteiger partial charge < -0.3 is 15.4 Å². The van der Waals surface area contributed by atoms with Crippen molar-refractivity contribution < 1.29 is 19.3 Å². The molecule has 1 aromatic heterocycles. The van der Waals surface area contributed by atoms with Crippen molar-refractivity contribution in [1.82, 2.24) is 4.98 Å². The van der Waals surface area contributed by atoms with Crippen LogP contribution in [0, 0.1) is 0 Å². The van der Waals surface area contributed by atoms with Crippen molar-refractivity contribution in [3.05, 3.63) is 101 Å². The molecule has 0 bridgehead atoms. The SMILES string of the molecule is NC(=NOC(=O)c1ccc(C(=O)c2ccccc2)cc1)C1CC(c2cccnc2)=NO1. The summed E-state index contributed by atoms with van der Waals surface area (Å²) in [6, 6.07) is 18.7. The summed E-state index contributed by atoms with van der Waals surface area (Å²) < 4.78 is 0. The molecule has 2 N–H and O–H groups in total. The third-order valence-electron chi connectivity index (χ3n) is 4.65.